The van der Waals surface area contributed by atoms with Crippen molar-refractivity contribution >= 4 is 29.5 Å². The van der Waals surface area contributed by atoms with E-state index < -0.39 is 35.5 Å². The summed E-state index contributed by atoms with van der Waals surface area (Å²) < 4.78 is 13.0. The summed E-state index contributed by atoms with van der Waals surface area (Å²) in [7, 11) is 0. The minimum absolute atomic E-state index is 0.00255. The van der Waals surface area contributed by atoms with Gasteiger partial charge in [0.1, 0.15) is 11.9 Å². The first kappa shape index (κ1) is 19.4. The maximum atomic E-state index is 13.0. The lowest BCUT2D eigenvalue weighted by molar-refractivity contribution is -0.136. The van der Waals surface area contributed by atoms with Crippen molar-refractivity contribution in [2.24, 2.45) is 0 Å². The molecule has 2 heterocycles. The van der Waals surface area contributed by atoms with Crippen LogP contribution in [0.4, 0.5) is 4.39 Å². The molecular weight excluding hydrogens is 393 g/mol. The van der Waals surface area contributed by atoms with Gasteiger partial charge in [0.05, 0.1) is 11.1 Å². The molecule has 30 heavy (non-hydrogen) atoms. The Morgan fingerprint density at radius 3 is 2.47 bits per heavy atom. The quantitative estimate of drug-likeness (QED) is 0.739. The summed E-state index contributed by atoms with van der Waals surface area (Å²) in [6.07, 6.45) is 0.324. The molecule has 0 aromatic heterocycles. The van der Waals surface area contributed by atoms with Gasteiger partial charge in [-0.3, -0.25) is 34.6 Å². The first-order valence-corrected chi connectivity index (χ1v) is 9.23. The average Bonchev–Trinajstić information content (AvgIpc) is 3.05. The van der Waals surface area contributed by atoms with Crippen LogP contribution < -0.4 is 10.6 Å². The molecule has 9 heteroatoms. The molecule has 1 unspecified atom stereocenters. The van der Waals surface area contributed by atoms with Crippen molar-refractivity contribution < 1.29 is 28.4 Å². The van der Waals surface area contributed by atoms with Crippen molar-refractivity contribution in [3.8, 4) is 0 Å². The Morgan fingerprint density at radius 2 is 1.77 bits per heavy atom. The summed E-state index contributed by atoms with van der Waals surface area (Å²) in [5.41, 5.74) is 0.759. The number of nitrogens with zero attached hydrogens (tertiary/aromatic N) is 1. The standard InChI is InChI=1S/C21H16FN3O5/c22-13-6-4-11(5-7-13)18(27)24-19(28)14-3-1-2-12-10-25(21(30)17(12)14)15-8-9-16(26)23-20(15)29/h1-7,15H,8-10H2,(H,23,26,29)(H,24,27,28). The molecule has 1 atom stereocenters. The molecule has 5 amide bonds. The SMILES string of the molecule is O=C1CCC(N2Cc3cccc(C(=O)NC(=O)c4ccc(F)cc4)c3C2=O)C(=O)N1. The number of rotatable bonds is 3. The van der Waals surface area contributed by atoms with Gasteiger partial charge in [-0.2, -0.15) is 0 Å². The number of amides is 5. The van der Waals surface area contributed by atoms with Crippen molar-refractivity contribution in [3.05, 3.63) is 70.5 Å². The van der Waals surface area contributed by atoms with Gasteiger partial charge in [0.15, 0.2) is 0 Å². The zero-order valence-electron chi connectivity index (χ0n) is 15.6. The number of benzene rings is 2. The van der Waals surface area contributed by atoms with E-state index in [1.54, 1.807) is 12.1 Å². The highest BCUT2D eigenvalue weighted by Crippen LogP contribution is 2.29. The van der Waals surface area contributed by atoms with Crippen LogP contribution >= 0.6 is 0 Å². The van der Waals surface area contributed by atoms with Crippen molar-refractivity contribution in [1.29, 1.82) is 0 Å². The normalized spacial score (nSPS) is 18.1. The van der Waals surface area contributed by atoms with Gasteiger partial charge < -0.3 is 4.90 Å². The Balaban J connectivity index is 1.56. The Morgan fingerprint density at radius 1 is 1.03 bits per heavy atom. The number of hydrogen-bond donors (Lipinski definition) is 2. The van der Waals surface area contributed by atoms with E-state index in [0.29, 0.717) is 5.56 Å². The highest BCUT2D eigenvalue weighted by Gasteiger charge is 2.40. The molecule has 2 aromatic carbocycles. The number of carbonyl (C=O) groups excluding carboxylic acids is 5. The van der Waals surface area contributed by atoms with E-state index >= 15 is 0 Å². The van der Waals surface area contributed by atoms with Gasteiger partial charge in [0.2, 0.25) is 11.8 Å². The van der Waals surface area contributed by atoms with Gasteiger partial charge in [0.25, 0.3) is 17.7 Å². The molecule has 0 radical (unpaired) electrons. The van der Waals surface area contributed by atoms with Crippen LogP contribution in [0.15, 0.2) is 42.5 Å². The predicted octanol–water partition coefficient (Wildman–Crippen LogP) is 1.16. The lowest BCUT2D eigenvalue weighted by atomic mass is 10.0. The zero-order valence-corrected chi connectivity index (χ0v) is 15.6. The van der Waals surface area contributed by atoms with Crippen LogP contribution in [0.3, 0.4) is 0 Å². The fourth-order valence-corrected chi connectivity index (χ4v) is 3.65. The molecule has 2 N–H and O–H groups in total. The van der Waals surface area contributed by atoms with Crippen LogP contribution in [0.2, 0.25) is 0 Å². The second-order valence-corrected chi connectivity index (χ2v) is 7.03. The second-order valence-electron chi connectivity index (χ2n) is 7.03. The molecule has 0 spiro atoms. The van der Waals surface area contributed by atoms with E-state index in [9.17, 15) is 28.4 Å². The Kier molecular flexibility index (Phi) is 4.86. The minimum Gasteiger partial charge on any atom is -0.322 e. The molecule has 1 saturated heterocycles. The number of nitrogens with one attached hydrogen (secondary N) is 2. The van der Waals surface area contributed by atoms with Gasteiger partial charge in [-0.15, -0.1) is 0 Å². The molecule has 0 aliphatic carbocycles. The lowest BCUT2D eigenvalue weighted by Gasteiger charge is -2.29. The van der Waals surface area contributed by atoms with Crippen molar-refractivity contribution in [1.82, 2.24) is 15.5 Å². The monoisotopic (exact) mass is 409 g/mol. The topological polar surface area (TPSA) is 113 Å². The van der Waals surface area contributed by atoms with Crippen molar-refractivity contribution in [3.63, 3.8) is 0 Å². The molecule has 2 aliphatic heterocycles. The third-order valence-corrected chi connectivity index (χ3v) is 5.13. The fourth-order valence-electron chi connectivity index (χ4n) is 3.65. The molecule has 2 aromatic rings. The highest BCUT2D eigenvalue weighted by molar-refractivity contribution is 6.16. The molecule has 0 bridgehead atoms. The fraction of sp³-hybridized carbons (Fsp3) is 0.190. The summed E-state index contributed by atoms with van der Waals surface area (Å²) in [6.45, 7) is 0.119. The molecule has 0 saturated carbocycles. The molecule has 4 rings (SSSR count). The maximum Gasteiger partial charge on any atom is 0.258 e. The van der Waals surface area contributed by atoms with Gasteiger partial charge in [0, 0.05) is 18.5 Å². The number of fused-ring (bicyclic) bond motifs is 1. The van der Waals surface area contributed by atoms with Crippen molar-refractivity contribution in [2.45, 2.75) is 25.4 Å². The van der Waals surface area contributed by atoms with Gasteiger partial charge in [-0.1, -0.05) is 12.1 Å². The molecule has 1 fully saturated rings. The first-order valence-electron chi connectivity index (χ1n) is 9.23. The summed E-state index contributed by atoms with van der Waals surface area (Å²) >= 11 is 0. The number of imide groups is 2. The smallest absolute Gasteiger partial charge is 0.258 e. The first-order chi connectivity index (χ1) is 14.3. The van der Waals surface area contributed by atoms with E-state index in [2.05, 4.69) is 10.6 Å². The van der Waals surface area contributed by atoms with Crippen LogP contribution in [0.5, 0.6) is 0 Å². The summed E-state index contributed by atoms with van der Waals surface area (Å²) in [5.74, 6) is -3.48. The summed E-state index contributed by atoms with van der Waals surface area (Å²) in [6, 6.07) is 8.53. The van der Waals surface area contributed by atoms with E-state index in [-0.39, 0.29) is 42.0 Å². The second kappa shape index (κ2) is 7.51. The van der Waals surface area contributed by atoms with Gasteiger partial charge in [-0.05, 0) is 42.3 Å². The largest absolute Gasteiger partial charge is 0.322 e. The number of carbonyl (C=O) groups is 5. The van der Waals surface area contributed by atoms with Crippen LogP contribution in [-0.2, 0) is 16.1 Å². The number of hydrogen-bond acceptors (Lipinski definition) is 5. The average molecular weight is 409 g/mol. The summed E-state index contributed by atoms with van der Waals surface area (Å²) in [4.78, 5) is 62.8. The third kappa shape index (κ3) is 3.45. The van der Waals surface area contributed by atoms with Crippen LogP contribution in [0.1, 0.15) is 49.5 Å². The number of halogens is 1. The lowest BCUT2D eigenvalue weighted by Crippen LogP contribution is -2.52. The van der Waals surface area contributed by atoms with Gasteiger partial charge >= 0.3 is 0 Å². The van der Waals surface area contributed by atoms with Crippen LogP contribution in [0.25, 0.3) is 0 Å². The van der Waals surface area contributed by atoms with Crippen LogP contribution in [0, 0.1) is 5.82 Å². The Hall–Kier alpha value is -3.88. The van der Waals surface area contributed by atoms with Gasteiger partial charge in [-0.25, -0.2) is 4.39 Å². The van der Waals surface area contributed by atoms with E-state index in [1.807, 2.05) is 0 Å². The van der Waals surface area contributed by atoms with Crippen molar-refractivity contribution in [2.75, 3.05) is 0 Å². The Labute approximate surface area is 170 Å². The van der Waals surface area contributed by atoms with E-state index in [0.717, 1.165) is 12.1 Å². The third-order valence-electron chi connectivity index (χ3n) is 5.13. The Bertz CT molecular complexity index is 1100. The highest BCUT2D eigenvalue weighted by atomic mass is 19.1. The molecular formula is C21H16FN3O5. The van der Waals surface area contributed by atoms with E-state index in [1.165, 1.54) is 23.1 Å². The maximum absolute atomic E-state index is 13.0. The summed E-state index contributed by atoms with van der Waals surface area (Å²) in [5, 5.41) is 4.41. The molecule has 2 aliphatic rings. The number of piperidine rings is 1. The van der Waals surface area contributed by atoms with E-state index in [4.69, 9.17) is 0 Å². The van der Waals surface area contributed by atoms with Crippen LogP contribution in [-0.4, -0.2) is 40.5 Å². The molecule has 152 valence electrons. The molecule has 8 nitrogen and oxygen atoms in total. The zero-order chi connectivity index (χ0) is 21.4. The predicted molar refractivity (Wildman–Crippen MR) is 101 cm³/mol. The minimum atomic E-state index is -0.806.